The number of hydrogen-bond acceptors (Lipinski definition) is 8. The van der Waals surface area contributed by atoms with Gasteiger partial charge in [0, 0.05) is 11.5 Å². The van der Waals surface area contributed by atoms with Crippen LogP contribution >= 0.6 is 19.8 Å². The van der Waals surface area contributed by atoms with Crippen LogP contribution in [0.1, 0.15) is 32.1 Å². The van der Waals surface area contributed by atoms with E-state index in [4.69, 9.17) is 31.0 Å². The average Bonchev–Trinajstić information content (AvgIpc) is 2.78. The van der Waals surface area contributed by atoms with Crippen molar-refractivity contribution in [1.29, 1.82) is 0 Å². The second-order valence-corrected chi connectivity index (χ2v) is 9.16. The van der Waals surface area contributed by atoms with Gasteiger partial charge in [-0.05, 0) is 51.3 Å². The van der Waals surface area contributed by atoms with Crippen molar-refractivity contribution < 1.29 is 38.0 Å². The smallest absolute Gasteiger partial charge is 0.508 e. The Balaban J connectivity index is 1.57. The van der Waals surface area contributed by atoms with Gasteiger partial charge in [0.1, 0.15) is 30.9 Å². The summed E-state index contributed by atoms with van der Waals surface area (Å²) in [6.07, 6.45) is 2.63. The lowest BCUT2D eigenvalue weighted by Crippen LogP contribution is -2.64. The quantitative estimate of drug-likeness (QED) is 0.239. The molecule has 2 unspecified atom stereocenters. The molecule has 0 aliphatic heterocycles. The maximum absolute atomic E-state index is 13.7. The molecule has 1 aromatic rings. The fraction of sp³-hybridized carbons (Fsp3) is 0.632. The Morgan fingerprint density at radius 2 is 2.13 bits per heavy atom. The Hall–Kier alpha value is -1.55. The summed E-state index contributed by atoms with van der Waals surface area (Å²) in [7, 11) is -0.688. The SMILES string of the molecule is CNC12CCC(COc3ccc(Cl)c(F)c3)(CC1)CC2OC(=O)OCCO[P+]([O-])=NO. The molecular weight excluding hydrogens is 454 g/mol. The van der Waals surface area contributed by atoms with Gasteiger partial charge in [0.2, 0.25) is 0 Å². The minimum atomic E-state index is -2.53. The maximum atomic E-state index is 13.7. The van der Waals surface area contributed by atoms with Gasteiger partial charge in [0.15, 0.2) is 0 Å². The van der Waals surface area contributed by atoms with Crippen molar-refractivity contribution in [2.24, 2.45) is 10.3 Å². The maximum Gasteiger partial charge on any atom is 0.508 e. The van der Waals surface area contributed by atoms with E-state index in [1.165, 1.54) is 12.1 Å². The first-order valence-electron chi connectivity index (χ1n) is 9.87. The molecule has 0 radical (unpaired) electrons. The van der Waals surface area contributed by atoms with E-state index in [-0.39, 0.29) is 29.2 Å². The number of rotatable bonds is 9. The van der Waals surface area contributed by atoms with Gasteiger partial charge in [-0.3, -0.25) is 0 Å². The Morgan fingerprint density at radius 1 is 1.39 bits per heavy atom. The molecule has 0 spiro atoms. The monoisotopic (exact) mass is 478 g/mol. The van der Waals surface area contributed by atoms with E-state index >= 15 is 0 Å². The van der Waals surface area contributed by atoms with E-state index in [0.29, 0.717) is 18.8 Å². The highest BCUT2D eigenvalue weighted by Gasteiger charge is 2.56. The van der Waals surface area contributed by atoms with Gasteiger partial charge in [0.25, 0.3) is 0 Å². The van der Waals surface area contributed by atoms with Crippen molar-refractivity contribution in [3.63, 3.8) is 0 Å². The summed E-state index contributed by atoms with van der Waals surface area (Å²) in [5, 5.41) is 11.6. The van der Waals surface area contributed by atoms with Gasteiger partial charge >= 0.3 is 14.3 Å². The molecule has 3 aliphatic rings. The van der Waals surface area contributed by atoms with Crippen LogP contribution in [0, 0.1) is 11.2 Å². The molecule has 0 saturated heterocycles. The van der Waals surface area contributed by atoms with E-state index in [2.05, 4.69) is 14.7 Å². The van der Waals surface area contributed by atoms with Gasteiger partial charge < -0.3 is 24.4 Å². The topological polar surface area (TPSA) is 122 Å². The average molecular weight is 479 g/mol. The lowest BCUT2D eigenvalue weighted by atomic mass is 9.56. The molecule has 9 nitrogen and oxygen atoms in total. The van der Waals surface area contributed by atoms with Crippen LogP contribution in [0.15, 0.2) is 23.1 Å². The molecular formula is C19H25ClFN2O7P. The summed E-state index contributed by atoms with van der Waals surface area (Å²) in [4.78, 5) is 25.5. The molecule has 2 bridgehead atoms. The molecule has 2 atom stereocenters. The predicted octanol–water partition coefficient (Wildman–Crippen LogP) is 3.56. The van der Waals surface area contributed by atoms with Crippen molar-refractivity contribution in [2.45, 2.75) is 43.7 Å². The second-order valence-electron chi connectivity index (χ2n) is 7.84. The number of carbonyl (C=O) groups excluding carboxylic acids is 1. The van der Waals surface area contributed by atoms with E-state index in [1.807, 2.05) is 7.05 Å². The van der Waals surface area contributed by atoms with Crippen LogP contribution in [-0.2, 0) is 14.0 Å². The minimum absolute atomic E-state index is 0.0367. The van der Waals surface area contributed by atoms with Crippen LogP contribution in [0.5, 0.6) is 5.75 Å². The van der Waals surface area contributed by atoms with Gasteiger partial charge in [-0.15, -0.1) is 0 Å². The third-order valence-electron chi connectivity index (χ3n) is 6.19. The molecule has 2 N–H and O–H groups in total. The Labute approximate surface area is 185 Å². The fourth-order valence-corrected chi connectivity index (χ4v) is 4.73. The second kappa shape index (κ2) is 10.4. The number of hydrogen-bond donors (Lipinski definition) is 2. The van der Waals surface area contributed by atoms with Crippen LogP contribution in [0.4, 0.5) is 9.18 Å². The fourth-order valence-electron chi connectivity index (χ4n) is 4.33. The van der Waals surface area contributed by atoms with Crippen LogP contribution < -0.4 is 14.9 Å². The number of fused-ring (bicyclic) bond motifs is 3. The number of nitrogens with zero attached hydrogens (tertiary/aromatic N) is 1. The van der Waals surface area contributed by atoms with Crippen molar-refractivity contribution in [3.8, 4) is 5.75 Å². The van der Waals surface area contributed by atoms with Gasteiger partial charge in [-0.2, -0.15) is 4.52 Å². The molecule has 0 amide bonds. The van der Waals surface area contributed by atoms with Gasteiger partial charge in [-0.25, -0.2) is 14.4 Å². The zero-order valence-electron chi connectivity index (χ0n) is 17.0. The number of nitrogens with one attached hydrogen (secondary N) is 1. The highest BCUT2D eigenvalue weighted by atomic mass is 35.5. The number of halogens is 2. The molecule has 3 fully saturated rings. The van der Waals surface area contributed by atoms with Crippen molar-refractivity contribution in [1.82, 2.24) is 5.32 Å². The van der Waals surface area contributed by atoms with Crippen molar-refractivity contribution in [3.05, 3.63) is 29.0 Å². The van der Waals surface area contributed by atoms with E-state index in [0.717, 1.165) is 25.7 Å². The molecule has 1 aromatic carbocycles. The predicted molar refractivity (Wildman–Crippen MR) is 108 cm³/mol. The third-order valence-corrected chi connectivity index (χ3v) is 7.04. The first-order valence-corrected chi connectivity index (χ1v) is 11.4. The number of benzene rings is 1. The molecule has 3 saturated carbocycles. The van der Waals surface area contributed by atoms with Crippen LogP contribution in [0.25, 0.3) is 0 Å². The summed E-state index contributed by atoms with van der Waals surface area (Å²) < 4.78 is 34.8. The molecule has 3 aliphatic carbocycles. The normalized spacial score (nSPS) is 27.8. The summed E-state index contributed by atoms with van der Waals surface area (Å²) >= 11 is 5.72. The van der Waals surface area contributed by atoms with E-state index in [1.54, 1.807) is 6.07 Å². The number of likely N-dealkylation sites (N-methyl/N-ethyl adjacent to an activating group) is 1. The molecule has 12 heteroatoms. The zero-order chi connectivity index (χ0) is 22.5. The molecule has 31 heavy (non-hydrogen) atoms. The van der Waals surface area contributed by atoms with Crippen LogP contribution in [0.2, 0.25) is 5.02 Å². The van der Waals surface area contributed by atoms with Crippen molar-refractivity contribution in [2.75, 3.05) is 26.9 Å². The lowest BCUT2D eigenvalue weighted by Gasteiger charge is -2.56. The standard InChI is InChI=1S/C19H25ClFN2O7P/c1-22-19-6-4-18(5-7-19,12-28-13-2-3-14(20)15(21)10-13)11-16(19)30-17(24)27-8-9-29-31(26)23-25/h2-3,10,16,22,25H,4-9,11-12H2,1H3. The Bertz CT molecular complexity index is 820. The number of ether oxygens (including phenoxy) is 3. The Kier molecular flexibility index (Phi) is 8.07. The summed E-state index contributed by atoms with van der Waals surface area (Å²) in [5.41, 5.74) is -0.549. The lowest BCUT2D eigenvalue weighted by molar-refractivity contribution is -0.178. The highest BCUT2D eigenvalue weighted by Crippen LogP contribution is 2.53. The van der Waals surface area contributed by atoms with Gasteiger partial charge in [-0.1, -0.05) is 11.6 Å². The minimum Gasteiger partial charge on any atom is -0.582 e. The molecule has 4 rings (SSSR count). The largest absolute Gasteiger partial charge is 0.582 e. The van der Waals surface area contributed by atoms with E-state index < -0.39 is 26.2 Å². The molecule has 0 heterocycles. The van der Waals surface area contributed by atoms with Gasteiger partial charge in [0.05, 0.1) is 22.1 Å². The highest BCUT2D eigenvalue weighted by molar-refractivity contribution is 7.33. The zero-order valence-corrected chi connectivity index (χ0v) is 18.7. The van der Waals surface area contributed by atoms with E-state index in [9.17, 15) is 14.1 Å². The molecule has 0 aromatic heterocycles. The first kappa shape index (κ1) is 24.1. The first-order chi connectivity index (χ1) is 14.8. The van der Waals surface area contributed by atoms with Crippen LogP contribution in [0.3, 0.4) is 0 Å². The summed E-state index contributed by atoms with van der Waals surface area (Å²) in [5.74, 6) is -0.138. The summed E-state index contributed by atoms with van der Waals surface area (Å²) in [6, 6.07) is 4.33. The Morgan fingerprint density at radius 3 is 2.77 bits per heavy atom. The molecule has 172 valence electrons. The van der Waals surface area contributed by atoms with Crippen molar-refractivity contribution >= 4 is 25.9 Å². The van der Waals surface area contributed by atoms with Crippen LogP contribution in [-0.4, -0.2) is 49.9 Å². The number of carbonyl (C=O) groups is 1. The summed E-state index contributed by atoms with van der Waals surface area (Å²) in [6.45, 7) is -0.00889. The third kappa shape index (κ3) is 5.83.